The molecule has 0 bridgehead atoms. The first-order valence-corrected chi connectivity index (χ1v) is 10.8. The van der Waals surface area contributed by atoms with Crippen molar-refractivity contribution in [3.8, 4) is 5.69 Å². The molecule has 1 aromatic heterocycles. The van der Waals surface area contributed by atoms with E-state index in [-0.39, 0.29) is 11.9 Å². The second-order valence-corrected chi connectivity index (χ2v) is 8.02. The van der Waals surface area contributed by atoms with Gasteiger partial charge >= 0.3 is 0 Å². The summed E-state index contributed by atoms with van der Waals surface area (Å²) in [6.45, 7) is 3.43. The fraction of sp³-hybridized carbons (Fsp3) is 0.375. The Bertz CT molecular complexity index is 998. The maximum atomic E-state index is 14.7. The summed E-state index contributed by atoms with van der Waals surface area (Å²) in [5.74, 6) is -0.155. The van der Waals surface area contributed by atoms with Gasteiger partial charge in [0.2, 0.25) is 0 Å². The van der Waals surface area contributed by atoms with E-state index >= 15 is 0 Å². The van der Waals surface area contributed by atoms with Crippen LogP contribution < -0.4 is 10.2 Å². The van der Waals surface area contributed by atoms with Crippen LogP contribution in [-0.2, 0) is 17.7 Å². The van der Waals surface area contributed by atoms with E-state index in [0.29, 0.717) is 25.4 Å². The maximum Gasteiger partial charge on any atom is 0.146 e. The van der Waals surface area contributed by atoms with Crippen LogP contribution in [0.15, 0.2) is 54.7 Å². The predicted molar refractivity (Wildman–Crippen MR) is 116 cm³/mol. The number of aryl methyl sites for hydroxylation is 1. The first-order valence-electron chi connectivity index (χ1n) is 10.8. The topological polar surface area (TPSA) is 42.3 Å². The van der Waals surface area contributed by atoms with E-state index in [1.54, 1.807) is 6.07 Å². The predicted octanol–water partition coefficient (Wildman–Crippen LogP) is 4.02. The Morgan fingerprint density at radius 1 is 1.10 bits per heavy atom. The van der Waals surface area contributed by atoms with Crippen LogP contribution in [0.25, 0.3) is 5.69 Å². The highest BCUT2D eigenvalue weighted by Gasteiger charge is 2.24. The van der Waals surface area contributed by atoms with Crippen LogP contribution in [0.5, 0.6) is 0 Å². The van der Waals surface area contributed by atoms with Gasteiger partial charge in [0.25, 0.3) is 0 Å². The summed E-state index contributed by atoms with van der Waals surface area (Å²) >= 11 is 0. The van der Waals surface area contributed by atoms with Crippen molar-refractivity contribution >= 4 is 5.69 Å². The van der Waals surface area contributed by atoms with Gasteiger partial charge < -0.3 is 15.0 Å². The van der Waals surface area contributed by atoms with Gasteiger partial charge in [0.15, 0.2) is 0 Å². The van der Waals surface area contributed by atoms with Gasteiger partial charge in [0.05, 0.1) is 30.3 Å². The molecule has 0 radical (unpaired) electrons. The quantitative estimate of drug-likeness (QED) is 0.695. The van der Waals surface area contributed by atoms with E-state index in [0.717, 1.165) is 49.3 Å². The summed E-state index contributed by atoms with van der Waals surface area (Å²) in [5.41, 5.74) is 5.14. The van der Waals surface area contributed by atoms with Crippen LogP contribution in [0.4, 0.5) is 10.1 Å². The molecule has 1 aliphatic carbocycles. The highest BCUT2D eigenvalue weighted by Crippen LogP contribution is 2.30. The van der Waals surface area contributed by atoms with Gasteiger partial charge in [-0.15, -0.1) is 0 Å². The van der Waals surface area contributed by atoms with Gasteiger partial charge in [0, 0.05) is 37.4 Å². The molecule has 1 unspecified atom stereocenters. The second kappa shape index (κ2) is 8.58. The van der Waals surface area contributed by atoms with Crippen LogP contribution in [-0.4, -0.2) is 36.1 Å². The van der Waals surface area contributed by atoms with Crippen molar-refractivity contribution in [3.63, 3.8) is 0 Å². The second-order valence-electron chi connectivity index (χ2n) is 8.02. The van der Waals surface area contributed by atoms with E-state index < -0.39 is 0 Å². The van der Waals surface area contributed by atoms with E-state index in [2.05, 4.69) is 28.5 Å². The third-order valence-corrected chi connectivity index (χ3v) is 6.04. The van der Waals surface area contributed by atoms with Crippen LogP contribution in [0.1, 0.15) is 35.7 Å². The Morgan fingerprint density at radius 3 is 2.73 bits per heavy atom. The van der Waals surface area contributed by atoms with Gasteiger partial charge in [-0.2, -0.15) is 5.10 Å². The lowest BCUT2D eigenvalue weighted by atomic mass is 9.93. The Labute approximate surface area is 176 Å². The standard InChI is InChI=1S/C24H27FN4O/c25-21-15-18(9-10-24(21)28-11-13-30-14-12-28)16-26-22-7-4-8-23-20(22)17-29(27-23)19-5-2-1-3-6-19/h1-3,5-6,9-10,15,17,22,26H,4,7-8,11-14,16H2. The molecule has 1 fully saturated rings. The van der Waals surface area contributed by atoms with Crippen LogP contribution >= 0.6 is 0 Å². The third-order valence-electron chi connectivity index (χ3n) is 6.04. The molecule has 1 aliphatic heterocycles. The van der Waals surface area contributed by atoms with E-state index in [4.69, 9.17) is 9.84 Å². The van der Waals surface area contributed by atoms with E-state index in [1.165, 1.54) is 5.56 Å². The Morgan fingerprint density at radius 2 is 1.93 bits per heavy atom. The van der Waals surface area contributed by atoms with Crippen LogP contribution in [0.3, 0.4) is 0 Å². The van der Waals surface area contributed by atoms with Gasteiger partial charge in [-0.05, 0) is 49.1 Å². The van der Waals surface area contributed by atoms with Crippen molar-refractivity contribution in [2.24, 2.45) is 0 Å². The number of para-hydroxylation sites is 1. The largest absolute Gasteiger partial charge is 0.378 e. The summed E-state index contributed by atoms with van der Waals surface area (Å²) in [7, 11) is 0. The molecule has 6 heteroatoms. The monoisotopic (exact) mass is 406 g/mol. The van der Waals surface area contributed by atoms with Crippen LogP contribution in [0.2, 0.25) is 0 Å². The normalized spacial score (nSPS) is 19.0. The number of aromatic nitrogens is 2. The molecule has 2 aliphatic rings. The summed E-state index contributed by atoms with van der Waals surface area (Å²) in [5, 5.41) is 8.44. The summed E-state index contributed by atoms with van der Waals surface area (Å²) < 4.78 is 22.0. The number of fused-ring (bicyclic) bond motifs is 1. The number of halogens is 1. The molecule has 2 heterocycles. The maximum absolute atomic E-state index is 14.7. The highest BCUT2D eigenvalue weighted by molar-refractivity contribution is 5.49. The van der Waals surface area contributed by atoms with Crippen molar-refractivity contribution in [3.05, 3.63) is 77.4 Å². The average molecular weight is 407 g/mol. The summed E-state index contributed by atoms with van der Waals surface area (Å²) in [6.07, 6.45) is 5.34. The molecule has 30 heavy (non-hydrogen) atoms. The molecule has 1 N–H and O–H groups in total. The zero-order valence-corrected chi connectivity index (χ0v) is 17.1. The fourth-order valence-electron chi connectivity index (χ4n) is 4.42. The van der Waals surface area contributed by atoms with Gasteiger partial charge in [-0.1, -0.05) is 24.3 Å². The van der Waals surface area contributed by atoms with Crippen LogP contribution in [0, 0.1) is 5.82 Å². The molecule has 0 amide bonds. The molecular weight excluding hydrogens is 379 g/mol. The van der Waals surface area contributed by atoms with Gasteiger partial charge in [0.1, 0.15) is 5.82 Å². The first kappa shape index (κ1) is 19.3. The lowest BCUT2D eigenvalue weighted by Gasteiger charge is -2.29. The number of ether oxygens (including phenoxy) is 1. The number of nitrogens with one attached hydrogen (secondary N) is 1. The minimum Gasteiger partial charge on any atom is -0.378 e. The van der Waals surface area contributed by atoms with Crippen molar-refractivity contribution < 1.29 is 9.13 Å². The van der Waals surface area contributed by atoms with E-state index in [9.17, 15) is 4.39 Å². The minimum absolute atomic E-state index is 0.155. The Kier molecular flexibility index (Phi) is 5.51. The molecule has 3 aromatic rings. The third kappa shape index (κ3) is 3.98. The number of benzene rings is 2. The van der Waals surface area contributed by atoms with Crippen molar-refractivity contribution in [2.75, 3.05) is 31.2 Å². The number of hydrogen-bond donors (Lipinski definition) is 1. The fourth-order valence-corrected chi connectivity index (χ4v) is 4.42. The number of morpholine rings is 1. The zero-order chi connectivity index (χ0) is 20.3. The van der Waals surface area contributed by atoms with E-state index in [1.807, 2.05) is 35.0 Å². The highest BCUT2D eigenvalue weighted by atomic mass is 19.1. The first-order chi connectivity index (χ1) is 14.8. The van der Waals surface area contributed by atoms with Gasteiger partial charge in [-0.3, -0.25) is 0 Å². The molecule has 1 saturated heterocycles. The number of nitrogens with zero attached hydrogens (tertiary/aromatic N) is 3. The lowest BCUT2D eigenvalue weighted by molar-refractivity contribution is 0.122. The molecule has 5 nitrogen and oxygen atoms in total. The Hall–Kier alpha value is -2.70. The zero-order valence-electron chi connectivity index (χ0n) is 17.1. The minimum atomic E-state index is -0.155. The summed E-state index contributed by atoms with van der Waals surface area (Å²) in [6, 6.07) is 16.0. The van der Waals surface area contributed by atoms with Crippen molar-refractivity contribution in [1.29, 1.82) is 0 Å². The molecule has 0 spiro atoms. The molecule has 1 atom stereocenters. The molecular formula is C24H27FN4O. The number of anilines is 1. The average Bonchev–Trinajstić information content (AvgIpc) is 3.24. The molecule has 156 valence electrons. The molecule has 5 rings (SSSR count). The summed E-state index contributed by atoms with van der Waals surface area (Å²) in [4.78, 5) is 2.06. The SMILES string of the molecule is Fc1cc(CNC2CCCc3nn(-c4ccccc4)cc32)ccc1N1CCOCC1. The number of rotatable bonds is 5. The molecule has 2 aromatic carbocycles. The smallest absolute Gasteiger partial charge is 0.146 e. The lowest BCUT2D eigenvalue weighted by Crippen LogP contribution is -2.36. The van der Waals surface area contributed by atoms with Crippen molar-refractivity contribution in [2.45, 2.75) is 31.8 Å². The Balaban J connectivity index is 1.28. The number of hydrogen-bond acceptors (Lipinski definition) is 4. The van der Waals surface area contributed by atoms with Gasteiger partial charge in [-0.25, -0.2) is 9.07 Å². The van der Waals surface area contributed by atoms with Crippen molar-refractivity contribution in [1.82, 2.24) is 15.1 Å². The molecule has 0 saturated carbocycles.